The highest BCUT2D eigenvalue weighted by molar-refractivity contribution is 7.26. The molecule has 2 aromatic heterocycles. The minimum absolute atomic E-state index is 0.565. The molecule has 0 bridgehead atoms. The molecule has 0 N–H and O–H groups in total. The lowest BCUT2D eigenvalue weighted by atomic mass is 10.1. The first kappa shape index (κ1) is 16.6. The SMILES string of the molecule is N#Cc1cc(Cl)ccc1-n1c2ccccc2c2c3c(ccc21)sc1ccccc13. The standard InChI is InChI=1S/C25H13ClN2S/c26-16-9-10-19(15(13-16)14-27)28-20-7-3-1-5-17(20)24-21(28)11-12-23-25(24)18-6-2-4-8-22(18)29-23/h1-13H. The van der Waals surface area contributed by atoms with E-state index < -0.39 is 0 Å². The molecule has 6 aromatic rings. The molecule has 0 fully saturated rings. The van der Waals surface area contributed by atoms with Gasteiger partial charge in [0.15, 0.2) is 0 Å². The number of benzene rings is 4. The Hall–Kier alpha value is -3.32. The summed E-state index contributed by atoms with van der Waals surface area (Å²) in [7, 11) is 0. The first-order valence-corrected chi connectivity index (χ1v) is 10.5. The number of thiophene rings is 1. The summed E-state index contributed by atoms with van der Waals surface area (Å²) >= 11 is 7.98. The highest BCUT2D eigenvalue weighted by Gasteiger charge is 2.18. The highest BCUT2D eigenvalue weighted by atomic mass is 35.5. The second kappa shape index (κ2) is 6.09. The van der Waals surface area contributed by atoms with Crippen LogP contribution in [-0.4, -0.2) is 4.57 Å². The van der Waals surface area contributed by atoms with E-state index in [9.17, 15) is 5.26 Å². The molecule has 0 spiro atoms. The highest BCUT2D eigenvalue weighted by Crippen LogP contribution is 2.43. The Morgan fingerprint density at radius 3 is 2.41 bits per heavy atom. The molecule has 0 saturated carbocycles. The van der Waals surface area contributed by atoms with Crippen molar-refractivity contribution in [2.75, 3.05) is 0 Å². The molecule has 0 aliphatic rings. The summed E-state index contributed by atoms with van der Waals surface area (Å²) in [6.45, 7) is 0. The normalized spacial score (nSPS) is 11.6. The van der Waals surface area contributed by atoms with Crippen molar-refractivity contribution in [1.82, 2.24) is 4.57 Å². The van der Waals surface area contributed by atoms with Gasteiger partial charge in [-0.05, 0) is 42.5 Å². The van der Waals surface area contributed by atoms with E-state index in [0.717, 1.165) is 16.7 Å². The summed E-state index contributed by atoms with van der Waals surface area (Å²) in [5.41, 5.74) is 3.60. The van der Waals surface area contributed by atoms with Gasteiger partial charge >= 0.3 is 0 Å². The van der Waals surface area contributed by atoms with Gasteiger partial charge < -0.3 is 4.57 Å². The van der Waals surface area contributed by atoms with E-state index in [4.69, 9.17) is 11.6 Å². The zero-order valence-electron chi connectivity index (χ0n) is 15.2. The van der Waals surface area contributed by atoms with E-state index in [1.165, 1.54) is 30.9 Å². The van der Waals surface area contributed by atoms with Crippen LogP contribution in [0, 0.1) is 11.3 Å². The van der Waals surface area contributed by atoms with Crippen LogP contribution in [-0.2, 0) is 0 Å². The van der Waals surface area contributed by atoms with Gasteiger partial charge in [-0.3, -0.25) is 0 Å². The average molecular weight is 409 g/mol. The van der Waals surface area contributed by atoms with Gasteiger partial charge in [0.05, 0.1) is 22.3 Å². The van der Waals surface area contributed by atoms with Crippen molar-refractivity contribution in [2.24, 2.45) is 0 Å². The molecule has 0 radical (unpaired) electrons. The van der Waals surface area contributed by atoms with Crippen molar-refractivity contribution in [1.29, 1.82) is 5.26 Å². The molecule has 4 heteroatoms. The molecule has 0 atom stereocenters. The number of fused-ring (bicyclic) bond motifs is 7. The molecule has 0 aliphatic heterocycles. The quantitative estimate of drug-likeness (QED) is 0.274. The lowest BCUT2D eigenvalue weighted by Crippen LogP contribution is -1.97. The molecule has 2 heterocycles. The fourth-order valence-corrected chi connectivity index (χ4v) is 5.61. The number of hydrogen-bond acceptors (Lipinski definition) is 2. The van der Waals surface area contributed by atoms with Crippen molar-refractivity contribution in [2.45, 2.75) is 0 Å². The molecule has 0 aliphatic carbocycles. The monoisotopic (exact) mass is 408 g/mol. The summed E-state index contributed by atoms with van der Waals surface area (Å²) in [4.78, 5) is 0. The molecule has 0 amide bonds. The van der Waals surface area contributed by atoms with E-state index in [-0.39, 0.29) is 0 Å². The first-order valence-electron chi connectivity index (χ1n) is 9.30. The molecule has 6 rings (SSSR count). The molecule has 29 heavy (non-hydrogen) atoms. The summed E-state index contributed by atoms with van der Waals surface area (Å²) in [6.07, 6.45) is 0. The van der Waals surface area contributed by atoms with Gasteiger partial charge in [0.2, 0.25) is 0 Å². The van der Waals surface area contributed by atoms with E-state index in [1.54, 1.807) is 6.07 Å². The Kier molecular flexibility index (Phi) is 3.49. The van der Waals surface area contributed by atoms with Crippen LogP contribution in [0.15, 0.2) is 78.9 Å². The third-order valence-electron chi connectivity index (χ3n) is 5.50. The van der Waals surface area contributed by atoms with Crippen LogP contribution in [0.25, 0.3) is 47.7 Å². The largest absolute Gasteiger partial charge is 0.308 e. The van der Waals surface area contributed by atoms with E-state index in [2.05, 4.69) is 65.2 Å². The van der Waals surface area contributed by atoms with E-state index >= 15 is 0 Å². The predicted molar refractivity (Wildman–Crippen MR) is 123 cm³/mol. The lowest BCUT2D eigenvalue weighted by Gasteiger charge is -2.10. The van der Waals surface area contributed by atoms with Crippen LogP contribution < -0.4 is 0 Å². The van der Waals surface area contributed by atoms with Crippen LogP contribution in [0.2, 0.25) is 5.02 Å². The van der Waals surface area contributed by atoms with Crippen molar-refractivity contribution in [3.63, 3.8) is 0 Å². The minimum Gasteiger partial charge on any atom is -0.308 e. The smallest absolute Gasteiger partial charge is 0.101 e. The van der Waals surface area contributed by atoms with Crippen molar-refractivity contribution in [3.8, 4) is 11.8 Å². The van der Waals surface area contributed by atoms with Crippen molar-refractivity contribution >= 4 is 64.9 Å². The van der Waals surface area contributed by atoms with Gasteiger partial charge in [-0.2, -0.15) is 5.26 Å². The van der Waals surface area contributed by atoms with Gasteiger partial charge in [0.25, 0.3) is 0 Å². The second-order valence-electron chi connectivity index (χ2n) is 7.06. The van der Waals surface area contributed by atoms with Gasteiger partial charge in [-0.1, -0.05) is 48.0 Å². The summed E-state index contributed by atoms with van der Waals surface area (Å²) in [6, 6.07) is 29.2. The van der Waals surface area contributed by atoms with Crippen molar-refractivity contribution in [3.05, 3.63) is 89.4 Å². The minimum atomic E-state index is 0.565. The van der Waals surface area contributed by atoms with Crippen LogP contribution in [0.3, 0.4) is 0 Å². The molecule has 0 unspecified atom stereocenters. The maximum atomic E-state index is 9.75. The average Bonchev–Trinajstić information content (AvgIpc) is 3.29. The lowest BCUT2D eigenvalue weighted by molar-refractivity contribution is 1.17. The third-order valence-corrected chi connectivity index (χ3v) is 6.87. The number of aromatic nitrogens is 1. The van der Waals surface area contributed by atoms with Crippen LogP contribution in [0.1, 0.15) is 5.56 Å². The second-order valence-corrected chi connectivity index (χ2v) is 8.58. The zero-order chi connectivity index (χ0) is 19.5. The summed E-state index contributed by atoms with van der Waals surface area (Å²) in [5.74, 6) is 0. The van der Waals surface area contributed by atoms with Crippen molar-refractivity contribution < 1.29 is 0 Å². The number of halogens is 1. The predicted octanol–water partition coefficient (Wildman–Crippen LogP) is 7.68. The van der Waals surface area contributed by atoms with Gasteiger partial charge in [-0.15, -0.1) is 11.3 Å². The maximum Gasteiger partial charge on any atom is 0.101 e. The number of nitrogens with zero attached hydrogens (tertiary/aromatic N) is 2. The number of nitriles is 1. The number of hydrogen-bond donors (Lipinski definition) is 0. The Bertz CT molecular complexity index is 1630. The summed E-state index contributed by atoms with van der Waals surface area (Å²) < 4.78 is 4.75. The fourth-order valence-electron chi connectivity index (χ4n) is 4.33. The Balaban J connectivity index is 1.89. The van der Waals surface area contributed by atoms with Gasteiger partial charge in [0, 0.05) is 36.0 Å². The van der Waals surface area contributed by atoms with Gasteiger partial charge in [-0.25, -0.2) is 0 Å². The molecular formula is C25H13ClN2S. The zero-order valence-corrected chi connectivity index (χ0v) is 16.8. The van der Waals surface area contributed by atoms with E-state index in [0.29, 0.717) is 10.6 Å². The van der Waals surface area contributed by atoms with Crippen LogP contribution in [0.4, 0.5) is 0 Å². The van der Waals surface area contributed by atoms with Crippen LogP contribution in [0.5, 0.6) is 0 Å². The summed E-state index contributed by atoms with van der Waals surface area (Å²) in [5, 5.41) is 15.3. The van der Waals surface area contributed by atoms with Gasteiger partial charge in [0.1, 0.15) is 6.07 Å². The molecular weight excluding hydrogens is 396 g/mol. The molecule has 4 aromatic carbocycles. The number of para-hydroxylation sites is 1. The first-order chi connectivity index (χ1) is 14.3. The Labute approximate surface area is 175 Å². The molecule has 136 valence electrons. The third kappa shape index (κ3) is 2.28. The Morgan fingerprint density at radius 1 is 0.759 bits per heavy atom. The topological polar surface area (TPSA) is 28.7 Å². The fraction of sp³-hybridized carbons (Fsp3) is 0. The molecule has 2 nitrogen and oxygen atoms in total. The van der Waals surface area contributed by atoms with E-state index in [1.807, 2.05) is 29.5 Å². The van der Waals surface area contributed by atoms with Crippen LogP contribution >= 0.6 is 22.9 Å². The maximum absolute atomic E-state index is 9.75. The molecule has 0 saturated heterocycles. The number of rotatable bonds is 1. The Morgan fingerprint density at radius 2 is 1.55 bits per heavy atom.